The number of rotatable bonds is 12. The van der Waals surface area contributed by atoms with Crippen LogP contribution in [0.2, 0.25) is 0 Å². The monoisotopic (exact) mass is 302 g/mol. The Hall–Kier alpha value is -1.28. The maximum atomic E-state index is 5.71. The van der Waals surface area contributed by atoms with Gasteiger partial charge in [-0.3, -0.25) is 0 Å². The van der Waals surface area contributed by atoms with E-state index in [1.165, 1.54) is 50.5 Å². The number of benzene rings is 1. The van der Waals surface area contributed by atoms with Crippen molar-refractivity contribution in [3.8, 4) is 5.75 Å². The standard InChI is InChI=1S/C20H30O2/c1-2-3-4-5-6-7-8-9-10-12-18-13-11-14-19(15-18)21-16-20-17-22-20/h9-11,13-15,20H,2-8,12,16-17H2,1H3/b10-9+. The number of hydrogen-bond donors (Lipinski definition) is 0. The van der Waals surface area contributed by atoms with Crippen LogP contribution >= 0.6 is 0 Å². The van der Waals surface area contributed by atoms with Crippen molar-refractivity contribution in [2.45, 2.75) is 64.4 Å². The van der Waals surface area contributed by atoms with E-state index in [0.29, 0.717) is 12.7 Å². The van der Waals surface area contributed by atoms with E-state index < -0.39 is 0 Å². The predicted molar refractivity (Wildman–Crippen MR) is 92.5 cm³/mol. The first-order valence-electron chi connectivity index (χ1n) is 8.87. The third-order valence-corrected chi connectivity index (χ3v) is 3.98. The molecule has 0 aliphatic carbocycles. The average Bonchev–Trinajstić information content (AvgIpc) is 3.36. The highest BCUT2D eigenvalue weighted by Crippen LogP contribution is 2.17. The van der Waals surface area contributed by atoms with E-state index in [2.05, 4.69) is 37.3 Å². The Labute approximate surface area is 135 Å². The van der Waals surface area contributed by atoms with Gasteiger partial charge < -0.3 is 9.47 Å². The molecule has 1 aromatic carbocycles. The van der Waals surface area contributed by atoms with Gasteiger partial charge in [0.25, 0.3) is 0 Å². The van der Waals surface area contributed by atoms with Crippen molar-refractivity contribution in [2.75, 3.05) is 13.2 Å². The van der Waals surface area contributed by atoms with Crippen LogP contribution in [0.4, 0.5) is 0 Å². The van der Waals surface area contributed by atoms with Gasteiger partial charge in [-0.15, -0.1) is 0 Å². The fraction of sp³-hybridized carbons (Fsp3) is 0.600. The number of unbranched alkanes of at least 4 members (excludes halogenated alkanes) is 6. The molecule has 1 unspecified atom stereocenters. The van der Waals surface area contributed by atoms with Gasteiger partial charge in [0.1, 0.15) is 18.5 Å². The Balaban J connectivity index is 1.57. The van der Waals surface area contributed by atoms with E-state index in [-0.39, 0.29) is 0 Å². The van der Waals surface area contributed by atoms with Crippen molar-refractivity contribution in [3.63, 3.8) is 0 Å². The SMILES string of the molecule is CCCCCCCC/C=C/Cc1cccc(OCC2CO2)c1. The van der Waals surface area contributed by atoms with Gasteiger partial charge in [-0.05, 0) is 37.0 Å². The molecule has 0 bridgehead atoms. The lowest BCUT2D eigenvalue weighted by molar-refractivity contribution is 0.263. The van der Waals surface area contributed by atoms with Crippen molar-refractivity contribution in [1.82, 2.24) is 0 Å². The smallest absolute Gasteiger partial charge is 0.119 e. The van der Waals surface area contributed by atoms with Crippen molar-refractivity contribution in [3.05, 3.63) is 42.0 Å². The van der Waals surface area contributed by atoms with Crippen molar-refractivity contribution in [2.24, 2.45) is 0 Å². The van der Waals surface area contributed by atoms with E-state index in [9.17, 15) is 0 Å². The molecule has 1 heterocycles. The summed E-state index contributed by atoms with van der Waals surface area (Å²) in [4.78, 5) is 0. The van der Waals surface area contributed by atoms with Crippen LogP contribution in [0.25, 0.3) is 0 Å². The summed E-state index contributed by atoms with van der Waals surface area (Å²) in [6, 6.07) is 8.39. The normalized spacial score (nSPS) is 17.0. The van der Waals surface area contributed by atoms with Crippen LogP contribution in [0, 0.1) is 0 Å². The Morgan fingerprint density at radius 3 is 2.77 bits per heavy atom. The van der Waals surface area contributed by atoms with Gasteiger partial charge in [-0.1, -0.05) is 63.3 Å². The molecule has 2 heteroatoms. The molecular formula is C20H30O2. The second-order valence-corrected chi connectivity index (χ2v) is 6.15. The summed E-state index contributed by atoms with van der Waals surface area (Å²) < 4.78 is 10.9. The molecule has 2 nitrogen and oxygen atoms in total. The van der Waals surface area contributed by atoms with Crippen LogP contribution in [-0.2, 0) is 11.2 Å². The second kappa shape index (κ2) is 10.4. The Morgan fingerprint density at radius 2 is 1.95 bits per heavy atom. The average molecular weight is 302 g/mol. The van der Waals surface area contributed by atoms with Crippen LogP contribution in [0.3, 0.4) is 0 Å². The van der Waals surface area contributed by atoms with Crippen LogP contribution in [0.5, 0.6) is 5.75 Å². The van der Waals surface area contributed by atoms with E-state index >= 15 is 0 Å². The molecule has 2 rings (SSSR count). The molecule has 22 heavy (non-hydrogen) atoms. The third kappa shape index (κ3) is 7.65. The summed E-state index contributed by atoms with van der Waals surface area (Å²) in [7, 11) is 0. The number of epoxide rings is 1. The van der Waals surface area contributed by atoms with Crippen LogP contribution < -0.4 is 4.74 Å². The first-order chi connectivity index (χ1) is 10.9. The first-order valence-corrected chi connectivity index (χ1v) is 8.87. The lowest BCUT2D eigenvalue weighted by Crippen LogP contribution is -2.04. The molecule has 0 spiro atoms. The molecule has 1 aromatic rings. The molecule has 0 radical (unpaired) electrons. The highest BCUT2D eigenvalue weighted by molar-refractivity contribution is 5.29. The molecule has 1 aliphatic rings. The number of allylic oxidation sites excluding steroid dienone is 2. The molecule has 0 amide bonds. The van der Waals surface area contributed by atoms with E-state index in [0.717, 1.165) is 18.8 Å². The van der Waals surface area contributed by atoms with E-state index in [1.54, 1.807) is 0 Å². The van der Waals surface area contributed by atoms with Gasteiger partial charge in [0.2, 0.25) is 0 Å². The molecule has 1 saturated heterocycles. The molecule has 122 valence electrons. The molecular weight excluding hydrogens is 272 g/mol. The van der Waals surface area contributed by atoms with Gasteiger partial charge in [0.15, 0.2) is 0 Å². The Morgan fingerprint density at radius 1 is 1.14 bits per heavy atom. The van der Waals surface area contributed by atoms with Gasteiger partial charge in [0.05, 0.1) is 6.61 Å². The highest BCUT2D eigenvalue weighted by atomic mass is 16.6. The molecule has 1 fully saturated rings. The molecule has 0 saturated carbocycles. The summed E-state index contributed by atoms with van der Waals surface area (Å²) in [5.41, 5.74) is 1.31. The lowest BCUT2D eigenvalue weighted by Gasteiger charge is -2.05. The number of ether oxygens (including phenoxy) is 2. The summed E-state index contributed by atoms with van der Waals surface area (Å²) in [5, 5.41) is 0. The minimum Gasteiger partial charge on any atom is -0.491 e. The van der Waals surface area contributed by atoms with Crippen molar-refractivity contribution >= 4 is 0 Å². The largest absolute Gasteiger partial charge is 0.491 e. The quantitative estimate of drug-likeness (QED) is 0.296. The van der Waals surface area contributed by atoms with E-state index in [4.69, 9.17) is 9.47 Å². The molecule has 0 aromatic heterocycles. The predicted octanol–water partition coefficient (Wildman–Crippen LogP) is 5.31. The van der Waals surface area contributed by atoms with Crippen LogP contribution in [0.15, 0.2) is 36.4 Å². The lowest BCUT2D eigenvalue weighted by atomic mass is 10.1. The van der Waals surface area contributed by atoms with Gasteiger partial charge in [0, 0.05) is 0 Å². The Kier molecular flexibility index (Phi) is 8.11. The summed E-state index contributed by atoms with van der Waals surface area (Å²) in [6.07, 6.45) is 15.3. The van der Waals surface area contributed by atoms with Gasteiger partial charge >= 0.3 is 0 Å². The summed E-state index contributed by atoms with van der Waals surface area (Å²) in [5.74, 6) is 0.956. The van der Waals surface area contributed by atoms with Crippen molar-refractivity contribution in [1.29, 1.82) is 0 Å². The number of hydrogen-bond acceptors (Lipinski definition) is 2. The third-order valence-electron chi connectivity index (χ3n) is 3.98. The topological polar surface area (TPSA) is 21.8 Å². The summed E-state index contributed by atoms with van der Waals surface area (Å²) >= 11 is 0. The minimum atomic E-state index is 0.320. The highest BCUT2D eigenvalue weighted by Gasteiger charge is 2.22. The van der Waals surface area contributed by atoms with Crippen molar-refractivity contribution < 1.29 is 9.47 Å². The van der Waals surface area contributed by atoms with Crippen LogP contribution in [0.1, 0.15) is 57.4 Å². The van der Waals surface area contributed by atoms with Crippen LogP contribution in [-0.4, -0.2) is 19.3 Å². The van der Waals surface area contributed by atoms with Gasteiger partial charge in [-0.2, -0.15) is 0 Å². The molecule has 1 atom stereocenters. The maximum absolute atomic E-state index is 5.71. The zero-order chi connectivity index (χ0) is 15.5. The fourth-order valence-corrected chi connectivity index (χ4v) is 2.50. The maximum Gasteiger partial charge on any atom is 0.119 e. The molecule has 1 aliphatic heterocycles. The fourth-order valence-electron chi connectivity index (χ4n) is 2.50. The Bertz CT molecular complexity index is 435. The summed E-state index contributed by atoms with van der Waals surface area (Å²) in [6.45, 7) is 3.79. The zero-order valence-electron chi connectivity index (χ0n) is 13.9. The van der Waals surface area contributed by atoms with Gasteiger partial charge in [-0.25, -0.2) is 0 Å². The molecule has 0 N–H and O–H groups in total. The first kappa shape index (κ1) is 17.1. The minimum absolute atomic E-state index is 0.320. The second-order valence-electron chi connectivity index (χ2n) is 6.15. The van der Waals surface area contributed by atoms with E-state index in [1.807, 2.05) is 6.07 Å². The zero-order valence-corrected chi connectivity index (χ0v) is 13.9.